The normalized spacial score (nSPS) is 18.9. The predicted molar refractivity (Wildman–Crippen MR) is 136 cm³/mol. The molecule has 1 N–H and O–H groups in total. The molecule has 0 spiro atoms. The molecule has 3 aliphatic rings. The zero-order valence-corrected chi connectivity index (χ0v) is 21.1. The number of benzene rings is 1. The molecular weight excluding hydrogens is 454 g/mol. The highest BCUT2D eigenvalue weighted by molar-refractivity contribution is 5.95. The summed E-state index contributed by atoms with van der Waals surface area (Å²) < 4.78 is 1.99. The second-order valence-electron chi connectivity index (χ2n) is 10.4. The van der Waals surface area contributed by atoms with Crippen LogP contribution in [0.3, 0.4) is 0 Å². The van der Waals surface area contributed by atoms with Crippen LogP contribution in [0.15, 0.2) is 30.3 Å². The lowest BCUT2D eigenvalue weighted by atomic mass is 9.86. The van der Waals surface area contributed by atoms with Crippen molar-refractivity contribution >= 4 is 17.7 Å². The maximum absolute atomic E-state index is 13.6. The van der Waals surface area contributed by atoms with E-state index in [1.165, 1.54) is 24.8 Å². The van der Waals surface area contributed by atoms with Crippen molar-refractivity contribution in [3.8, 4) is 0 Å². The number of hydrogen-bond donors (Lipinski definition) is 1. The van der Waals surface area contributed by atoms with Crippen molar-refractivity contribution < 1.29 is 14.4 Å². The van der Waals surface area contributed by atoms with Gasteiger partial charge in [0.15, 0.2) is 5.69 Å². The summed E-state index contributed by atoms with van der Waals surface area (Å²) in [6.45, 7) is 3.12. The zero-order valence-electron chi connectivity index (χ0n) is 21.1. The summed E-state index contributed by atoms with van der Waals surface area (Å²) in [5.74, 6) is 0.528. The van der Waals surface area contributed by atoms with E-state index in [-0.39, 0.29) is 17.7 Å². The molecular formula is C28H37N5O3. The monoisotopic (exact) mass is 491 g/mol. The van der Waals surface area contributed by atoms with E-state index in [0.717, 1.165) is 30.5 Å². The summed E-state index contributed by atoms with van der Waals surface area (Å²) in [6, 6.07) is 10.3. The summed E-state index contributed by atoms with van der Waals surface area (Å²) in [4.78, 5) is 42.3. The van der Waals surface area contributed by atoms with Gasteiger partial charge in [0, 0.05) is 69.8 Å². The van der Waals surface area contributed by atoms with E-state index in [4.69, 9.17) is 5.10 Å². The topological polar surface area (TPSA) is 87.5 Å². The van der Waals surface area contributed by atoms with Crippen LogP contribution in [0.25, 0.3) is 0 Å². The Balaban J connectivity index is 1.36. The Hall–Kier alpha value is -3.16. The van der Waals surface area contributed by atoms with Gasteiger partial charge in [-0.3, -0.25) is 19.1 Å². The molecule has 2 aromatic rings. The highest BCUT2D eigenvalue weighted by atomic mass is 16.2. The molecule has 1 aromatic heterocycles. The third-order valence-corrected chi connectivity index (χ3v) is 7.93. The highest BCUT2D eigenvalue weighted by Gasteiger charge is 2.33. The van der Waals surface area contributed by atoms with Crippen molar-refractivity contribution in [2.75, 3.05) is 26.2 Å². The lowest BCUT2D eigenvalue weighted by Crippen LogP contribution is -2.39. The molecule has 192 valence electrons. The van der Waals surface area contributed by atoms with E-state index in [1.54, 1.807) is 4.90 Å². The zero-order chi connectivity index (χ0) is 24.9. The number of rotatable bonds is 6. The minimum absolute atomic E-state index is 0.0276. The van der Waals surface area contributed by atoms with Gasteiger partial charge in [0.25, 0.3) is 5.91 Å². The number of fused-ring (bicyclic) bond motifs is 1. The smallest absolute Gasteiger partial charge is 0.274 e. The maximum Gasteiger partial charge on any atom is 0.274 e. The van der Waals surface area contributed by atoms with Gasteiger partial charge >= 0.3 is 0 Å². The molecule has 0 atom stereocenters. The Morgan fingerprint density at radius 3 is 2.56 bits per heavy atom. The van der Waals surface area contributed by atoms with Crippen molar-refractivity contribution in [3.05, 3.63) is 52.8 Å². The molecule has 8 nitrogen and oxygen atoms in total. The number of aromatic nitrogens is 2. The van der Waals surface area contributed by atoms with Crippen LogP contribution in [0, 0.1) is 5.92 Å². The van der Waals surface area contributed by atoms with Crippen molar-refractivity contribution in [1.82, 2.24) is 24.9 Å². The molecule has 1 saturated heterocycles. The van der Waals surface area contributed by atoms with Gasteiger partial charge < -0.3 is 15.1 Å². The molecule has 0 radical (unpaired) electrons. The van der Waals surface area contributed by atoms with Gasteiger partial charge in [0.1, 0.15) is 0 Å². The van der Waals surface area contributed by atoms with Gasteiger partial charge in [-0.1, -0.05) is 49.6 Å². The predicted octanol–water partition coefficient (Wildman–Crippen LogP) is 2.94. The van der Waals surface area contributed by atoms with Crippen LogP contribution in [0.5, 0.6) is 0 Å². The fourth-order valence-electron chi connectivity index (χ4n) is 5.83. The average molecular weight is 492 g/mol. The fraction of sp³-hybridized carbons (Fsp3) is 0.571. The molecule has 2 fully saturated rings. The highest BCUT2D eigenvalue weighted by Crippen LogP contribution is 2.29. The van der Waals surface area contributed by atoms with E-state index in [0.29, 0.717) is 70.1 Å². The second-order valence-corrected chi connectivity index (χ2v) is 10.4. The van der Waals surface area contributed by atoms with Gasteiger partial charge in [-0.05, 0) is 30.7 Å². The van der Waals surface area contributed by atoms with Gasteiger partial charge in [-0.15, -0.1) is 0 Å². The number of nitrogens with one attached hydrogen (secondary N) is 1. The Labute approximate surface area is 213 Å². The number of nitrogens with zero attached hydrogens (tertiary/aromatic N) is 4. The molecule has 5 rings (SSSR count). The third-order valence-electron chi connectivity index (χ3n) is 7.93. The van der Waals surface area contributed by atoms with E-state index in [1.807, 2.05) is 27.8 Å². The molecule has 2 aliphatic heterocycles. The number of aryl methyl sites for hydroxylation is 2. The van der Waals surface area contributed by atoms with Crippen molar-refractivity contribution in [2.24, 2.45) is 5.92 Å². The molecule has 0 unspecified atom stereocenters. The van der Waals surface area contributed by atoms with Crippen LogP contribution in [-0.2, 0) is 35.5 Å². The van der Waals surface area contributed by atoms with Crippen LogP contribution >= 0.6 is 0 Å². The van der Waals surface area contributed by atoms with E-state index in [9.17, 15) is 14.4 Å². The SMILES string of the molecule is O=C1CCN(C(=O)c2nn(CCc3ccccc3)c3c2CN(C(=O)CC2CCCCC2)CC3)CCN1. The van der Waals surface area contributed by atoms with Gasteiger partial charge in [-0.2, -0.15) is 5.10 Å². The number of carbonyl (C=O) groups excluding carboxylic acids is 3. The van der Waals surface area contributed by atoms with Gasteiger partial charge in [-0.25, -0.2) is 0 Å². The first-order valence-corrected chi connectivity index (χ1v) is 13.5. The number of hydrogen-bond acceptors (Lipinski definition) is 4. The summed E-state index contributed by atoms with van der Waals surface area (Å²) >= 11 is 0. The summed E-state index contributed by atoms with van der Waals surface area (Å²) in [6.07, 6.45) is 8.47. The Kier molecular flexibility index (Phi) is 7.68. The standard InChI is InChI=1S/C28H37N5O3/c34-25-13-16-31(18-14-29-25)28(36)27-23-20-32(26(35)19-22-9-5-2-6-10-22)15-12-24(23)33(30-27)17-11-21-7-3-1-4-8-21/h1,3-4,7-8,22H,2,5-6,9-20H2,(H,29,34). The van der Waals surface area contributed by atoms with Crippen LogP contribution in [0.1, 0.15) is 72.3 Å². The van der Waals surface area contributed by atoms with E-state index in [2.05, 4.69) is 17.4 Å². The Morgan fingerprint density at radius 2 is 1.75 bits per heavy atom. The lowest BCUT2D eigenvalue weighted by molar-refractivity contribution is -0.133. The number of carbonyl (C=O) groups is 3. The molecule has 8 heteroatoms. The minimum Gasteiger partial charge on any atom is -0.354 e. The summed E-state index contributed by atoms with van der Waals surface area (Å²) in [5, 5.41) is 7.66. The molecule has 1 aliphatic carbocycles. The molecule has 36 heavy (non-hydrogen) atoms. The lowest BCUT2D eigenvalue weighted by Gasteiger charge is -2.30. The van der Waals surface area contributed by atoms with E-state index < -0.39 is 0 Å². The summed E-state index contributed by atoms with van der Waals surface area (Å²) in [5.41, 5.74) is 3.63. The number of amides is 3. The van der Waals surface area contributed by atoms with Crippen LogP contribution < -0.4 is 5.32 Å². The maximum atomic E-state index is 13.6. The molecule has 1 saturated carbocycles. The van der Waals surface area contributed by atoms with Crippen LogP contribution in [0.2, 0.25) is 0 Å². The second kappa shape index (κ2) is 11.3. The first-order chi connectivity index (χ1) is 17.6. The first kappa shape index (κ1) is 24.5. The fourth-order valence-corrected chi connectivity index (χ4v) is 5.83. The molecule has 3 amide bonds. The molecule has 0 bridgehead atoms. The molecule has 3 heterocycles. The van der Waals surface area contributed by atoms with Crippen LogP contribution in [-0.4, -0.2) is 63.5 Å². The Bertz CT molecular complexity index is 1090. The molecule has 1 aromatic carbocycles. The minimum atomic E-state index is -0.136. The quantitative estimate of drug-likeness (QED) is 0.673. The largest absolute Gasteiger partial charge is 0.354 e. The van der Waals surface area contributed by atoms with Crippen molar-refractivity contribution in [2.45, 2.75) is 70.9 Å². The average Bonchev–Trinajstić information content (AvgIpc) is 3.13. The first-order valence-electron chi connectivity index (χ1n) is 13.5. The van der Waals surface area contributed by atoms with Crippen LogP contribution in [0.4, 0.5) is 0 Å². The van der Waals surface area contributed by atoms with Gasteiger partial charge in [0.05, 0.1) is 0 Å². The van der Waals surface area contributed by atoms with E-state index >= 15 is 0 Å². The van der Waals surface area contributed by atoms with Crippen molar-refractivity contribution in [1.29, 1.82) is 0 Å². The Morgan fingerprint density at radius 1 is 0.972 bits per heavy atom. The van der Waals surface area contributed by atoms with Crippen molar-refractivity contribution in [3.63, 3.8) is 0 Å². The summed E-state index contributed by atoms with van der Waals surface area (Å²) in [7, 11) is 0. The van der Waals surface area contributed by atoms with Gasteiger partial charge in [0.2, 0.25) is 11.8 Å². The third kappa shape index (κ3) is 5.63.